The number of imide groups is 2. The fourth-order valence-corrected chi connectivity index (χ4v) is 3.47. The molecule has 0 bridgehead atoms. The predicted octanol–water partition coefficient (Wildman–Crippen LogP) is 2.84. The van der Waals surface area contributed by atoms with Crippen molar-refractivity contribution in [2.24, 2.45) is 11.3 Å². The lowest BCUT2D eigenvalue weighted by atomic mass is 9.81. The molecule has 21 heavy (non-hydrogen) atoms. The zero-order chi connectivity index (χ0) is 15.6. The number of hydrogen-bond donors (Lipinski definition) is 1. The van der Waals surface area contributed by atoms with Crippen LogP contribution in [0.25, 0.3) is 0 Å². The number of nitrogens with one attached hydrogen (secondary N) is 1. The van der Waals surface area contributed by atoms with Gasteiger partial charge in [-0.15, -0.1) is 0 Å². The second kappa shape index (κ2) is 6.16. The van der Waals surface area contributed by atoms with Gasteiger partial charge in [-0.25, -0.2) is 4.79 Å². The first kappa shape index (κ1) is 16.0. The summed E-state index contributed by atoms with van der Waals surface area (Å²) < 4.78 is 0. The fraction of sp³-hybridized carbons (Fsp3) is 0.812. The van der Waals surface area contributed by atoms with Crippen molar-refractivity contribution in [3.63, 3.8) is 0 Å². The summed E-state index contributed by atoms with van der Waals surface area (Å²) in [6.45, 7) is 6.22. The molecule has 0 aromatic carbocycles. The van der Waals surface area contributed by atoms with Gasteiger partial charge in [0, 0.05) is 6.04 Å². The molecule has 1 N–H and O–H groups in total. The van der Waals surface area contributed by atoms with Gasteiger partial charge in [0.2, 0.25) is 11.8 Å². The highest BCUT2D eigenvalue weighted by molar-refractivity contribution is 6.19. The second-order valence-corrected chi connectivity index (χ2v) is 6.90. The minimum absolute atomic E-state index is 0.151. The molecular weight excluding hydrogens is 268 g/mol. The van der Waals surface area contributed by atoms with E-state index in [-0.39, 0.29) is 17.9 Å². The summed E-state index contributed by atoms with van der Waals surface area (Å²) in [5.41, 5.74) is -0.972. The Bertz CT molecular complexity index is 439. The Morgan fingerprint density at radius 2 is 1.71 bits per heavy atom. The molecule has 1 saturated carbocycles. The minimum atomic E-state index is -0.972. The lowest BCUT2D eigenvalue weighted by Gasteiger charge is -2.39. The fourth-order valence-electron chi connectivity index (χ4n) is 3.47. The zero-order valence-electron chi connectivity index (χ0n) is 13.3. The van der Waals surface area contributed by atoms with E-state index in [2.05, 4.69) is 19.2 Å². The van der Waals surface area contributed by atoms with Gasteiger partial charge in [-0.1, -0.05) is 39.5 Å². The van der Waals surface area contributed by atoms with Crippen molar-refractivity contribution in [2.45, 2.75) is 71.8 Å². The van der Waals surface area contributed by atoms with Crippen LogP contribution in [0.3, 0.4) is 0 Å². The zero-order valence-corrected chi connectivity index (χ0v) is 13.3. The lowest BCUT2D eigenvalue weighted by molar-refractivity contribution is -0.152. The Kier molecular flexibility index (Phi) is 4.69. The minimum Gasteiger partial charge on any atom is -0.277 e. The van der Waals surface area contributed by atoms with E-state index in [0.29, 0.717) is 18.8 Å². The summed E-state index contributed by atoms with van der Waals surface area (Å²) in [4.78, 5) is 38.2. The Balaban J connectivity index is 2.08. The van der Waals surface area contributed by atoms with Crippen LogP contribution in [-0.4, -0.2) is 28.8 Å². The van der Waals surface area contributed by atoms with Crippen LogP contribution in [0.1, 0.15) is 65.7 Å². The molecule has 5 heteroatoms. The van der Waals surface area contributed by atoms with Crippen LogP contribution < -0.4 is 5.32 Å². The molecule has 2 fully saturated rings. The van der Waals surface area contributed by atoms with Gasteiger partial charge >= 0.3 is 6.03 Å². The van der Waals surface area contributed by atoms with Crippen molar-refractivity contribution >= 4 is 17.8 Å². The molecule has 4 amide bonds. The van der Waals surface area contributed by atoms with Gasteiger partial charge in [0.05, 0.1) is 0 Å². The second-order valence-electron chi connectivity index (χ2n) is 6.90. The standard InChI is InChI=1S/C16H26N2O3/c1-11(2)7-6-8-12(3)18-14(20)16(9-4-5-10-16)13(19)17-15(18)21/h11-12H,4-10H2,1-3H3,(H,17,19,21). The molecule has 1 saturated heterocycles. The maximum Gasteiger partial charge on any atom is 0.331 e. The van der Waals surface area contributed by atoms with Gasteiger partial charge < -0.3 is 0 Å². The molecule has 1 aliphatic heterocycles. The smallest absolute Gasteiger partial charge is 0.277 e. The van der Waals surface area contributed by atoms with Crippen LogP contribution in [-0.2, 0) is 9.59 Å². The monoisotopic (exact) mass is 294 g/mol. The number of rotatable bonds is 5. The van der Waals surface area contributed by atoms with Crippen LogP contribution in [0.2, 0.25) is 0 Å². The summed E-state index contributed by atoms with van der Waals surface area (Å²) in [7, 11) is 0. The molecule has 118 valence electrons. The van der Waals surface area contributed by atoms with E-state index < -0.39 is 11.4 Å². The van der Waals surface area contributed by atoms with Crippen molar-refractivity contribution < 1.29 is 14.4 Å². The number of hydrogen-bond acceptors (Lipinski definition) is 3. The van der Waals surface area contributed by atoms with Crippen LogP contribution >= 0.6 is 0 Å². The van der Waals surface area contributed by atoms with E-state index in [1.54, 1.807) is 0 Å². The third kappa shape index (κ3) is 2.97. The maximum atomic E-state index is 12.8. The summed E-state index contributed by atoms with van der Waals surface area (Å²) in [5, 5.41) is 2.40. The topological polar surface area (TPSA) is 66.5 Å². The summed E-state index contributed by atoms with van der Waals surface area (Å²) in [5.74, 6) is -0.0442. The van der Waals surface area contributed by atoms with E-state index >= 15 is 0 Å². The number of amides is 4. The molecule has 1 atom stereocenters. The highest BCUT2D eigenvalue weighted by atomic mass is 16.2. The average Bonchev–Trinajstić information content (AvgIpc) is 2.87. The van der Waals surface area contributed by atoms with Crippen molar-refractivity contribution in [2.75, 3.05) is 0 Å². The van der Waals surface area contributed by atoms with E-state index in [9.17, 15) is 14.4 Å². The first-order valence-electron chi connectivity index (χ1n) is 8.07. The average molecular weight is 294 g/mol. The van der Waals surface area contributed by atoms with E-state index in [0.717, 1.165) is 32.1 Å². The Morgan fingerprint density at radius 1 is 1.10 bits per heavy atom. The number of carbonyl (C=O) groups excluding carboxylic acids is 3. The SMILES string of the molecule is CC(C)CCCC(C)N1C(=O)NC(=O)C2(CCCC2)C1=O. The molecule has 1 aliphatic carbocycles. The largest absolute Gasteiger partial charge is 0.331 e. The van der Waals surface area contributed by atoms with Crippen molar-refractivity contribution in [1.29, 1.82) is 0 Å². The number of carbonyl (C=O) groups is 3. The van der Waals surface area contributed by atoms with Gasteiger partial charge in [0.15, 0.2) is 0 Å². The van der Waals surface area contributed by atoms with E-state index in [1.165, 1.54) is 4.90 Å². The number of urea groups is 1. The van der Waals surface area contributed by atoms with Crippen LogP contribution in [0.15, 0.2) is 0 Å². The third-order valence-corrected chi connectivity index (χ3v) is 4.80. The maximum absolute atomic E-state index is 12.8. The van der Waals surface area contributed by atoms with Crippen LogP contribution in [0.4, 0.5) is 4.79 Å². The van der Waals surface area contributed by atoms with Gasteiger partial charge in [-0.2, -0.15) is 0 Å². The van der Waals surface area contributed by atoms with E-state index in [1.807, 2.05) is 6.92 Å². The molecule has 2 aliphatic rings. The molecule has 1 spiro atoms. The highest BCUT2D eigenvalue weighted by Crippen LogP contribution is 2.42. The first-order valence-corrected chi connectivity index (χ1v) is 8.07. The van der Waals surface area contributed by atoms with Crippen LogP contribution in [0, 0.1) is 11.3 Å². The molecular formula is C16H26N2O3. The third-order valence-electron chi connectivity index (χ3n) is 4.80. The molecule has 0 radical (unpaired) electrons. The van der Waals surface area contributed by atoms with Gasteiger partial charge in [-0.05, 0) is 32.1 Å². The molecule has 1 unspecified atom stereocenters. The quantitative estimate of drug-likeness (QED) is 0.793. The molecule has 0 aromatic heterocycles. The normalized spacial score (nSPS) is 23.0. The molecule has 0 aromatic rings. The Hall–Kier alpha value is -1.39. The van der Waals surface area contributed by atoms with Crippen molar-refractivity contribution in [3.05, 3.63) is 0 Å². The Labute approximate surface area is 126 Å². The van der Waals surface area contributed by atoms with Gasteiger partial charge in [-0.3, -0.25) is 19.8 Å². The van der Waals surface area contributed by atoms with Gasteiger partial charge in [0.1, 0.15) is 5.41 Å². The highest BCUT2D eigenvalue weighted by Gasteiger charge is 2.55. The molecule has 5 nitrogen and oxygen atoms in total. The molecule has 2 rings (SSSR count). The number of nitrogens with zero attached hydrogens (tertiary/aromatic N) is 1. The number of barbiturate groups is 1. The summed E-state index contributed by atoms with van der Waals surface area (Å²) in [6.07, 6.45) is 5.75. The first-order chi connectivity index (χ1) is 9.88. The van der Waals surface area contributed by atoms with Crippen molar-refractivity contribution in [1.82, 2.24) is 10.2 Å². The van der Waals surface area contributed by atoms with Crippen molar-refractivity contribution in [3.8, 4) is 0 Å². The van der Waals surface area contributed by atoms with Crippen LogP contribution in [0.5, 0.6) is 0 Å². The summed E-state index contributed by atoms with van der Waals surface area (Å²) in [6, 6.07) is -0.693. The summed E-state index contributed by atoms with van der Waals surface area (Å²) >= 11 is 0. The van der Waals surface area contributed by atoms with Gasteiger partial charge in [0.25, 0.3) is 0 Å². The Morgan fingerprint density at radius 3 is 2.29 bits per heavy atom. The lowest BCUT2D eigenvalue weighted by Crippen LogP contribution is -2.65. The predicted molar refractivity (Wildman–Crippen MR) is 79.4 cm³/mol. The van der Waals surface area contributed by atoms with E-state index in [4.69, 9.17) is 0 Å². The molecule has 1 heterocycles.